The molecule has 0 radical (unpaired) electrons. The molecule has 2 aromatic rings. The Hall–Kier alpha value is -1.61. The second kappa shape index (κ2) is 5.36. The van der Waals surface area contributed by atoms with Gasteiger partial charge in [0.15, 0.2) is 0 Å². The summed E-state index contributed by atoms with van der Waals surface area (Å²) in [6, 6.07) is 8.57. The van der Waals surface area contributed by atoms with Crippen LogP contribution in [0.15, 0.2) is 24.3 Å². The highest BCUT2D eigenvalue weighted by Gasteiger charge is 2.09. The molecule has 18 heavy (non-hydrogen) atoms. The van der Waals surface area contributed by atoms with Gasteiger partial charge in [0.2, 0.25) is 0 Å². The van der Waals surface area contributed by atoms with Crippen LogP contribution in [0.4, 0.5) is 5.82 Å². The smallest absolute Gasteiger partial charge is 0.131 e. The summed E-state index contributed by atoms with van der Waals surface area (Å²) in [5.74, 6) is 1.06. The molecule has 0 aliphatic rings. The van der Waals surface area contributed by atoms with Gasteiger partial charge in [0, 0.05) is 19.5 Å². The number of rotatable bonds is 4. The first-order valence-electron chi connectivity index (χ1n) is 6.40. The Morgan fingerprint density at radius 1 is 1.28 bits per heavy atom. The van der Waals surface area contributed by atoms with E-state index in [9.17, 15) is 0 Å². The maximum absolute atomic E-state index is 5.61. The number of fused-ring (bicyclic) bond motifs is 1. The SMILES string of the molecule is Cc1cccc2cc(CCCN)c(N(C)C)nc12. The molecule has 0 spiro atoms. The van der Waals surface area contributed by atoms with Crippen molar-refractivity contribution >= 4 is 16.7 Å². The lowest BCUT2D eigenvalue weighted by atomic mass is 10.0. The summed E-state index contributed by atoms with van der Waals surface area (Å²) in [7, 11) is 4.08. The summed E-state index contributed by atoms with van der Waals surface area (Å²) in [5.41, 5.74) is 9.20. The predicted octanol–water partition coefficient (Wildman–Crippen LogP) is 2.50. The van der Waals surface area contributed by atoms with Crippen molar-refractivity contribution in [2.24, 2.45) is 5.73 Å². The van der Waals surface area contributed by atoms with Crippen LogP contribution in [0.3, 0.4) is 0 Å². The number of benzene rings is 1. The van der Waals surface area contributed by atoms with Crippen LogP contribution in [-0.2, 0) is 6.42 Å². The third-order valence-corrected chi connectivity index (χ3v) is 3.18. The van der Waals surface area contributed by atoms with Crippen molar-refractivity contribution in [2.45, 2.75) is 19.8 Å². The fourth-order valence-corrected chi connectivity index (χ4v) is 2.24. The number of para-hydroxylation sites is 1. The van der Waals surface area contributed by atoms with Crippen LogP contribution in [0, 0.1) is 6.92 Å². The molecule has 0 fully saturated rings. The van der Waals surface area contributed by atoms with Gasteiger partial charge in [-0.3, -0.25) is 0 Å². The van der Waals surface area contributed by atoms with E-state index in [1.165, 1.54) is 16.5 Å². The number of aryl methyl sites for hydroxylation is 2. The van der Waals surface area contributed by atoms with E-state index in [2.05, 4.69) is 36.1 Å². The van der Waals surface area contributed by atoms with Gasteiger partial charge in [-0.1, -0.05) is 18.2 Å². The molecule has 0 amide bonds. The highest BCUT2D eigenvalue weighted by atomic mass is 15.1. The van der Waals surface area contributed by atoms with Gasteiger partial charge in [0.1, 0.15) is 5.82 Å². The Balaban J connectivity index is 2.57. The molecule has 3 heteroatoms. The summed E-state index contributed by atoms with van der Waals surface area (Å²) in [4.78, 5) is 6.89. The molecule has 96 valence electrons. The van der Waals surface area contributed by atoms with E-state index in [1.807, 2.05) is 14.1 Å². The van der Waals surface area contributed by atoms with Crippen LogP contribution in [0.25, 0.3) is 10.9 Å². The molecule has 0 saturated carbocycles. The molecular formula is C15H21N3. The molecule has 0 atom stereocenters. The molecule has 0 unspecified atom stereocenters. The summed E-state index contributed by atoms with van der Waals surface area (Å²) in [5, 5.41) is 1.22. The summed E-state index contributed by atoms with van der Waals surface area (Å²) < 4.78 is 0. The molecule has 1 heterocycles. The Labute approximate surface area is 109 Å². The first-order chi connectivity index (χ1) is 8.63. The van der Waals surface area contributed by atoms with Gasteiger partial charge in [-0.2, -0.15) is 0 Å². The monoisotopic (exact) mass is 243 g/mol. The van der Waals surface area contributed by atoms with E-state index >= 15 is 0 Å². The summed E-state index contributed by atoms with van der Waals surface area (Å²) >= 11 is 0. The maximum atomic E-state index is 5.61. The lowest BCUT2D eigenvalue weighted by Gasteiger charge is -2.17. The lowest BCUT2D eigenvalue weighted by molar-refractivity contribution is 0.826. The number of pyridine rings is 1. The molecular weight excluding hydrogens is 222 g/mol. The second-order valence-corrected chi connectivity index (χ2v) is 4.90. The van der Waals surface area contributed by atoms with E-state index in [4.69, 9.17) is 10.7 Å². The van der Waals surface area contributed by atoms with Gasteiger partial charge < -0.3 is 10.6 Å². The Bertz CT molecular complexity index is 547. The zero-order valence-electron chi connectivity index (χ0n) is 11.4. The van der Waals surface area contributed by atoms with Gasteiger partial charge >= 0.3 is 0 Å². The zero-order chi connectivity index (χ0) is 13.1. The largest absolute Gasteiger partial charge is 0.362 e. The normalized spacial score (nSPS) is 10.9. The molecule has 3 nitrogen and oxygen atoms in total. The molecule has 0 bridgehead atoms. The van der Waals surface area contributed by atoms with E-state index in [-0.39, 0.29) is 0 Å². The Kier molecular flexibility index (Phi) is 3.82. The number of aromatic nitrogens is 1. The number of hydrogen-bond acceptors (Lipinski definition) is 3. The van der Waals surface area contributed by atoms with E-state index < -0.39 is 0 Å². The Morgan fingerprint density at radius 2 is 2.06 bits per heavy atom. The van der Waals surface area contributed by atoms with Crippen molar-refractivity contribution < 1.29 is 0 Å². The average Bonchev–Trinajstić information content (AvgIpc) is 2.35. The van der Waals surface area contributed by atoms with Gasteiger partial charge in [-0.25, -0.2) is 4.98 Å². The second-order valence-electron chi connectivity index (χ2n) is 4.90. The third-order valence-electron chi connectivity index (χ3n) is 3.18. The third kappa shape index (κ3) is 2.46. The fourth-order valence-electron chi connectivity index (χ4n) is 2.24. The van der Waals surface area contributed by atoms with Gasteiger partial charge in [0.05, 0.1) is 5.52 Å². The average molecular weight is 243 g/mol. The quantitative estimate of drug-likeness (QED) is 0.897. The molecule has 0 saturated heterocycles. The minimum atomic E-state index is 0.721. The standard InChI is InChI=1S/C15H21N3/c1-11-6-4-7-12-10-13(8-5-9-16)15(18(2)3)17-14(11)12/h4,6-7,10H,5,8-9,16H2,1-3H3. The van der Waals surface area contributed by atoms with Crippen molar-refractivity contribution in [3.63, 3.8) is 0 Å². The molecule has 1 aromatic heterocycles. The highest BCUT2D eigenvalue weighted by Crippen LogP contribution is 2.25. The van der Waals surface area contributed by atoms with Crippen molar-refractivity contribution in [1.82, 2.24) is 4.98 Å². The number of nitrogens with zero attached hydrogens (tertiary/aromatic N) is 2. The van der Waals surface area contributed by atoms with Crippen molar-refractivity contribution in [2.75, 3.05) is 25.5 Å². The van der Waals surface area contributed by atoms with Gasteiger partial charge in [-0.15, -0.1) is 0 Å². The van der Waals surface area contributed by atoms with Crippen LogP contribution < -0.4 is 10.6 Å². The van der Waals surface area contributed by atoms with Crippen LogP contribution in [-0.4, -0.2) is 25.6 Å². The van der Waals surface area contributed by atoms with Crippen LogP contribution >= 0.6 is 0 Å². The van der Waals surface area contributed by atoms with Crippen molar-refractivity contribution in [1.29, 1.82) is 0 Å². The van der Waals surface area contributed by atoms with E-state index in [0.717, 1.165) is 30.7 Å². The highest BCUT2D eigenvalue weighted by molar-refractivity contribution is 5.84. The van der Waals surface area contributed by atoms with Crippen molar-refractivity contribution in [3.05, 3.63) is 35.4 Å². The summed E-state index contributed by atoms with van der Waals surface area (Å²) in [6.07, 6.45) is 1.99. The molecule has 0 aliphatic heterocycles. The van der Waals surface area contributed by atoms with Crippen LogP contribution in [0.5, 0.6) is 0 Å². The minimum Gasteiger partial charge on any atom is -0.362 e. The van der Waals surface area contributed by atoms with E-state index in [0.29, 0.717) is 0 Å². The summed E-state index contributed by atoms with van der Waals surface area (Å²) in [6.45, 7) is 2.83. The van der Waals surface area contributed by atoms with Gasteiger partial charge in [0.25, 0.3) is 0 Å². The Morgan fingerprint density at radius 3 is 2.72 bits per heavy atom. The molecule has 2 rings (SSSR count). The number of hydrogen-bond donors (Lipinski definition) is 1. The number of nitrogens with two attached hydrogens (primary N) is 1. The van der Waals surface area contributed by atoms with Crippen LogP contribution in [0.2, 0.25) is 0 Å². The predicted molar refractivity (Wildman–Crippen MR) is 78.2 cm³/mol. The van der Waals surface area contributed by atoms with Gasteiger partial charge in [-0.05, 0) is 43.5 Å². The van der Waals surface area contributed by atoms with Crippen LogP contribution in [0.1, 0.15) is 17.5 Å². The molecule has 1 aromatic carbocycles. The van der Waals surface area contributed by atoms with E-state index in [1.54, 1.807) is 0 Å². The maximum Gasteiger partial charge on any atom is 0.131 e. The first-order valence-corrected chi connectivity index (χ1v) is 6.40. The van der Waals surface area contributed by atoms with Crippen molar-refractivity contribution in [3.8, 4) is 0 Å². The zero-order valence-corrected chi connectivity index (χ0v) is 11.4. The minimum absolute atomic E-state index is 0.721. The molecule has 2 N–H and O–H groups in total. The topological polar surface area (TPSA) is 42.1 Å². The lowest BCUT2D eigenvalue weighted by Crippen LogP contribution is -2.14. The fraction of sp³-hybridized carbons (Fsp3) is 0.400. The molecule has 0 aliphatic carbocycles. The first kappa shape index (κ1) is 12.8. The number of anilines is 1.